The zero-order chi connectivity index (χ0) is 8.97. The summed E-state index contributed by atoms with van der Waals surface area (Å²) in [5.74, 6) is 0.722. The first-order valence-corrected chi connectivity index (χ1v) is 3.60. The van der Waals surface area contributed by atoms with Gasteiger partial charge >= 0.3 is 0 Å². The third-order valence-electron chi connectivity index (χ3n) is 1.49. The molecular formula is C8H8N4. The number of hydrogen-bond acceptors (Lipinski definition) is 3. The van der Waals surface area contributed by atoms with Gasteiger partial charge in [-0.1, -0.05) is 0 Å². The summed E-state index contributed by atoms with van der Waals surface area (Å²) in [6.07, 6.45) is 0.983. The van der Waals surface area contributed by atoms with Crippen LogP contribution in [0.4, 0.5) is 0 Å². The van der Waals surface area contributed by atoms with Gasteiger partial charge in [-0.25, -0.2) is 4.98 Å². The minimum Gasteiger partial charge on any atom is -0.345 e. The fourth-order valence-electron chi connectivity index (χ4n) is 0.995. The Balaban J connectivity index is 2.85. The molecule has 1 rings (SSSR count). The number of nitriles is 2. The van der Waals surface area contributed by atoms with Crippen molar-refractivity contribution in [3.8, 4) is 12.1 Å². The molecule has 0 spiro atoms. The molecule has 0 saturated carbocycles. The quantitative estimate of drug-likeness (QED) is 0.702. The predicted octanol–water partition coefficient (Wildman–Crippen LogP) is 1.05. The summed E-state index contributed by atoms with van der Waals surface area (Å²) in [5.41, 5.74) is 1.17. The first-order valence-electron chi connectivity index (χ1n) is 3.60. The smallest absolute Gasteiger partial charge is 0.161 e. The lowest BCUT2D eigenvalue weighted by atomic mass is 10.2. The van der Waals surface area contributed by atoms with Gasteiger partial charge in [0.05, 0.1) is 11.8 Å². The Hall–Kier alpha value is -1.81. The monoisotopic (exact) mass is 160 g/mol. The molecule has 0 saturated heterocycles. The van der Waals surface area contributed by atoms with E-state index in [2.05, 4.69) is 9.97 Å². The summed E-state index contributed by atoms with van der Waals surface area (Å²) < 4.78 is 0. The van der Waals surface area contributed by atoms with Gasteiger partial charge in [0.15, 0.2) is 5.69 Å². The Morgan fingerprint density at radius 1 is 1.50 bits per heavy atom. The molecule has 0 aliphatic heterocycles. The van der Waals surface area contributed by atoms with Crippen LogP contribution in [-0.4, -0.2) is 9.97 Å². The van der Waals surface area contributed by atoms with Crippen molar-refractivity contribution in [3.05, 3.63) is 17.2 Å². The predicted molar refractivity (Wildman–Crippen MR) is 42.0 cm³/mol. The highest BCUT2D eigenvalue weighted by atomic mass is 14.9. The van der Waals surface area contributed by atoms with Crippen LogP contribution in [0.3, 0.4) is 0 Å². The average Bonchev–Trinajstić information content (AvgIpc) is 2.42. The molecule has 0 unspecified atom stereocenters. The maximum atomic E-state index is 8.62. The summed E-state index contributed by atoms with van der Waals surface area (Å²) in [6, 6.07) is 3.99. The molecule has 0 aromatic carbocycles. The van der Waals surface area contributed by atoms with E-state index < -0.39 is 0 Å². The van der Waals surface area contributed by atoms with Crippen molar-refractivity contribution in [2.24, 2.45) is 0 Å². The average molecular weight is 160 g/mol. The van der Waals surface area contributed by atoms with E-state index in [0.29, 0.717) is 18.5 Å². The van der Waals surface area contributed by atoms with Crippen LogP contribution in [0, 0.1) is 29.6 Å². The molecular weight excluding hydrogens is 152 g/mol. The Bertz CT molecular complexity index is 350. The normalized spacial score (nSPS) is 8.92. The molecule has 0 amide bonds. The molecule has 1 aromatic heterocycles. The largest absolute Gasteiger partial charge is 0.345 e. The Morgan fingerprint density at radius 2 is 2.25 bits per heavy atom. The molecule has 1 N–H and O–H groups in total. The van der Waals surface area contributed by atoms with Crippen LogP contribution in [0.2, 0.25) is 0 Å². The van der Waals surface area contributed by atoms with Crippen LogP contribution in [0.1, 0.15) is 23.6 Å². The van der Waals surface area contributed by atoms with Crippen molar-refractivity contribution in [1.82, 2.24) is 9.97 Å². The number of aromatic amines is 1. The van der Waals surface area contributed by atoms with Crippen LogP contribution in [0.25, 0.3) is 0 Å². The highest BCUT2D eigenvalue weighted by Crippen LogP contribution is 2.06. The lowest BCUT2D eigenvalue weighted by Crippen LogP contribution is -1.87. The fraction of sp³-hybridized carbons (Fsp3) is 0.375. The van der Waals surface area contributed by atoms with Gasteiger partial charge in [0.1, 0.15) is 11.9 Å². The van der Waals surface area contributed by atoms with E-state index in [-0.39, 0.29) is 0 Å². The SMILES string of the molecule is Cc1nc(C#N)c(CCC#N)[nH]1. The second kappa shape index (κ2) is 3.54. The van der Waals surface area contributed by atoms with Crippen LogP contribution >= 0.6 is 0 Å². The van der Waals surface area contributed by atoms with E-state index >= 15 is 0 Å². The van der Waals surface area contributed by atoms with Gasteiger partial charge in [-0.05, 0) is 6.92 Å². The van der Waals surface area contributed by atoms with Gasteiger partial charge in [0.25, 0.3) is 0 Å². The topological polar surface area (TPSA) is 76.3 Å². The fourth-order valence-corrected chi connectivity index (χ4v) is 0.995. The molecule has 0 fully saturated rings. The molecule has 0 radical (unpaired) electrons. The molecule has 0 aliphatic rings. The third kappa shape index (κ3) is 1.62. The molecule has 60 valence electrons. The van der Waals surface area contributed by atoms with Crippen LogP contribution in [0.5, 0.6) is 0 Å². The lowest BCUT2D eigenvalue weighted by molar-refractivity contribution is 0.954. The first kappa shape index (κ1) is 8.29. The maximum absolute atomic E-state index is 8.62. The molecule has 4 nitrogen and oxygen atoms in total. The van der Waals surface area contributed by atoms with Crippen LogP contribution in [0.15, 0.2) is 0 Å². The number of imidazole rings is 1. The zero-order valence-corrected chi connectivity index (χ0v) is 6.76. The van der Waals surface area contributed by atoms with Crippen molar-refractivity contribution in [2.45, 2.75) is 19.8 Å². The summed E-state index contributed by atoms with van der Waals surface area (Å²) in [7, 11) is 0. The summed E-state index contributed by atoms with van der Waals surface area (Å²) >= 11 is 0. The number of nitrogens with one attached hydrogen (secondary N) is 1. The molecule has 0 atom stereocenters. The Labute approximate surface area is 70.5 Å². The van der Waals surface area contributed by atoms with Crippen molar-refractivity contribution in [2.75, 3.05) is 0 Å². The number of hydrogen-bond donors (Lipinski definition) is 1. The molecule has 0 bridgehead atoms. The highest BCUT2D eigenvalue weighted by molar-refractivity contribution is 5.27. The summed E-state index contributed by atoms with van der Waals surface area (Å²) in [4.78, 5) is 6.90. The van der Waals surface area contributed by atoms with Gasteiger partial charge in [0.2, 0.25) is 0 Å². The van der Waals surface area contributed by atoms with Gasteiger partial charge in [0, 0.05) is 12.8 Å². The minimum atomic E-state index is 0.405. The number of aryl methyl sites for hydroxylation is 2. The maximum Gasteiger partial charge on any atom is 0.161 e. The van der Waals surface area contributed by atoms with E-state index in [1.807, 2.05) is 12.1 Å². The van der Waals surface area contributed by atoms with Crippen LogP contribution < -0.4 is 0 Å². The van der Waals surface area contributed by atoms with E-state index in [4.69, 9.17) is 10.5 Å². The van der Waals surface area contributed by atoms with Gasteiger partial charge < -0.3 is 4.98 Å². The van der Waals surface area contributed by atoms with Crippen LogP contribution in [-0.2, 0) is 6.42 Å². The second-order valence-corrected chi connectivity index (χ2v) is 2.42. The van der Waals surface area contributed by atoms with Crippen molar-refractivity contribution < 1.29 is 0 Å². The Kier molecular flexibility index (Phi) is 2.45. The number of aromatic nitrogens is 2. The van der Waals surface area contributed by atoms with E-state index in [9.17, 15) is 0 Å². The van der Waals surface area contributed by atoms with E-state index in [1.165, 1.54) is 0 Å². The van der Waals surface area contributed by atoms with E-state index in [1.54, 1.807) is 6.92 Å². The summed E-state index contributed by atoms with van der Waals surface area (Å²) in [6.45, 7) is 1.79. The summed E-state index contributed by atoms with van der Waals surface area (Å²) in [5, 5.41) is 16.9. The Morgan fingerprint density at radius 3 is 2.83 bits per heavy atom. The van der Waals surface area contributed by atoms with E-state index in [0.717, 1.165) is 11.5 Å². The van der Waals surface area contributed by atoms with Crippen molar-refractivity contribution >= 4 is 0 Å². The second-order valence-electron chi connectivity index (χ2n) is 2.42. The molecule has 12 heavy (non-hydrogen) atoms. The molecule has 1 aromatic rings. The van der Waals surface area contributed by atoms with Gasteiger partial charge in [-0.2, -0.15) is 10.5 Å². The number of nitrogens with zero attached hydrogens (tertiary/aromatic N) is 3. The standard InChI is InChI=1S/C8H8N4/c1-6-11-7(3-2-4-9)8(5-10)12-6/h2-3H2,1H3,(H,11,12). The third-order valence-corrected chi connectivity index (χ3v) is 1.49. The molecule has 4 heteroatoms. The molecule has 0 aliphatic carbocycles. The molecule has 1 heterocycles. The highest BCUT2D eigenvalue weighted by Gasteiger charge is 2.05. The van der Waals surface area contributed by atoms with Crippen molar-refractivity contribution in [1.29, 1.82) is 10.5 Å². The number of H-pyrrole nitrogens is 1. The first-order chi connectivity index (χ1) is 5.77. The minimum absolute atomic E-state index is 0.405. The lowest BCUT2D eigenvalue weighted by Gasteiger charge is -1.89. The number of rotatable bonds is 2. The van der Waals surface area contributed by atoms with Gasteiger partial charge in [-0.3, -0.25) is 0 Å². The van der Waals surface area contributed by atoms with Crippen molar-refractivity contribution in [3.63, 3.8) is 0 Å². The zero-order valence-electron chi connectivity index (χ0n) is 6.76. The van der Waals surface area contributed by atoms with Gasteiger partial charge in [-0.15, -0.1) is 0 Å².